The van der Waals surface area contributed by atoms with E-state index in [2.05, 4.69) is 43.9 Å². The molecule has 0 aliphatic carbocycles. The van der Waals surface area contributed by atoms with Crippen LogP contribution in [0.5, 0.6) is 5.75 Å². The Balaban J connectivity index is 2.38. The molecule has 0 saturated heterocycles. The summed E-state index contributed by atoms with van der Waals surface area (Å²) in [6, 6.07) is 6.33. The number of aryl methyl sites for hydroxylation is 1. The van der Waals surface area contributed by atoms with Gasteiger partial charge in [-0.3, -0.25) is 0 Å². The number of ether oxygens (including phenoxy) is 1. The molecule has 1 aliphatic heterocycles. The van der Waals surface area contributed by atoms with Gasteiger partial charge in [-0.2, -0.15) is 0 Å². The van der Waals surface area contributed by atoms with E-state index in [9.17, 15) is 0 Å². The first-order valence-electron chi connectivity index (χ1n) is 6.95. The van der Waals surface area contributed by atoms with E-state index in [1.807, 2.05) is 0 Å². The Morgan fingerprint density at radius 1 is 1.40 bits per heavy atom. The summed E-state index contributed by atoms with van der Waals surface area (Å²) in [5.74, 6) is 6.81. The van der Waals surface area contributed by atoms with Crippen molar-refractivity contribution in [2.45, 2.75) is 32.0 Å². The molecule has 0 unspecified atom stereocenters. The molecule has 0 spiro atoms. The Hall–Kier alpha value is -1.20. The van der Waals surface area contributed by atoms with Gasteiger partial charge in [-0.25, -0.2) is 0 Å². The quantitative estimate of drug-likeness (QED) is 0.521. The summed E-state index contributed by atoms with van der Waals surface area (Å²) >= 11 is 0.418. The van der Waals surface area contributed by atoms with Crippen LogP contribution in [0.4, 0.5) is 0 Å². The van der Waals surface area contributed by atoms with Crippen LogP contribution in [0.25, 0.3) is 4.47 Å². The molecule has 20 heavy (non-hydrogen) atoms. The number of benzene rings is 1. The molecule has 1 heterocycles. The van der Waals surface area contributed by atoms with Crippen molar-refractivity contribution < 1.29 is 9.84 Å². The summed E-state index contributed by atoms with van der Waals surface area (Å²) in [7, 11) is 0. The summed E-state index contributed by atoms with van der Waals surface area (Å²) in [5.41, 5.74) is 3.50. The molecule has 1 aliphatic rings. The summed E-state index contributed by atoms with van der Waals surface area (Å²) < 4.78 is 7.15. The van der Waals surface area contributed by atoms with Gasteiger partial charge in [0.2, 0.25) is 0 Å². The van der Waals surface area contributed by atoms with Crippen LogP contribution >= 0.6 is 0 Å². The molecule has 0 bridgehead atoms. The third-order valence-corrected chi connectivity index (χ3v) is 5.71. The average Bonchev–Trinajstić information content (AvgIpc) is 2.46. The van der Waals surface area contributed by atoms with E-state index in [1.165, 1.54) is 33.8 Å². The summed E-state index contributed by atoms with van der Waals surface area (Å²) in [6.45, 7) is 4.76. The maximum absolute atomic E-state index is 8.90. The van der Waals surface area contributed by atoms with Crippen LogP contribution in [-0.4, -0.2) is 33.3 Å². The molecule has 106 valence electrons. The Labute approximate surface area is 127 Å². The van der Waals surface area contributed by atoms with Crippen molar-refractivity contribution in [3.05, 3.63) is 34.9 Å². The van der Waals surface area contributed by atoms with Crippen molar-refractivity contribution in [3.63, 3.8) is 0 Å². The number of hydrogen-bond donors (Lipinski definition) is 1. The Morgan fingerprint density at radius 2 is 2.25 bits per heavy atom. The first-order chi connectivity index (χ1) is 9.76. The van der Waals surface area contributed by atoms with Crippen LogP contribution < -0.4 is 4.74 Å². The SMILES string of the molecule is CCCC[Se]C1=C(C#CCO)COc2ccc(C)cc21. The number of rotatable bonds is 4. The molecule has 1 aromatic rings. The van der Waals surface area contributed by atoms with Crippen LogP contribution in [-0.2, 0) is 0 Å². The zero-order valence-corrected chi connectivity index (χ0v) is 13.7. The van der Waals surface area contributed by atoms with Crippen molar-refractivity contribution in [1.82, 2.24) is 0 Å². The zero-order valence-electron chi connectivity index (χ0n) is 12.0. The van der Waals surface area contributed by atoms with Gasteiger partial charge in [0.25, 0.3) is 0 Å². The molecule has 0 atom stereocenters. The fraction of sp³-hybridized carbons (Fsp3) is 0.412. The topological polar surface area (TPSA) is 29.5 Å². The van der Waals surface area contributed by atoms with Crippen molar-refractivity contribution in [2.24, 2.45) is 0 Å². The van der Waals surface area contributed by atoms with Crippen LogP contribution in [0.3, 0.4) is 0 Å². The van der Waals surface area contributed by atoms with Gasteiger partial charge in [0.15, 0.2) is 0 Å². The van der Waals surface area contributed by atoms with Gasteiger partial charge in [-0.1, -0.05) is 0 Å². The van der Waals surface area contributed by atoms with Crippen molar-refractivity contribution in [3.8, 4) is 17.6 Å². The van der Waals surface area contributed by atoms with Crippen molar-refractivity contribution >= 4 is 19.4 Å². The van der Waals surface area contributed by atoms with Gasteiger partial charge < -0.3 is 0 Å². The van der Waals surface area contributed by atoms with Gasteiger partial charge in [0.1, 0.15) is 0 Å². The fourth-order valence-electron chi connectivity index (χ4n) is 2.05. The molecular formula is C17H20O2Se. The van der Waals surface area contributed by atoms with Crippen LogP contribution in [0, 0.1) is 18.8 Å². The predicted molar refractivity (Wildman–Crippen MR) is 83.9 cm³/mol. The third kappa shape index (κ3) is 3.67. The minimum atomic E-state index is -0.0978. The summed E-state index contributed by atoms with van der Waals surface area (Å²) in [5, 5.41) is 10.1. The maximum atomic E-state index is 8.90. The number of unbranched alkanes of at least 4 members (excludes halogenated alkanes) is 1. The van der Waals surface area contributed by atoms with E-state index in [-0.39, 0.29) is 6.61 Å². The molecular weight excluding hydrogens is 315 g/mol. The normalized spacial score (nSPS) is 13.3. The van der Waals surface area contributed by atoms with Crippen molar-refractivity contribution in [2.75, 3.05) is 13.2 Å². The van der Waals surface area contributed by atoms with Gasteiger partial charge in [-0.15, -0.1) is 0 Å². The minimum absolute atomic E-state index is 0.0978. The number of aliphatic hydroxyl groups is 1. The fourth-order valence-corrected chi connectivity index (χ4v) is 4.64. The molecule has 1 N–H and O–H groups in total. The van der Waals surface area contributed by atoms with Gasteiger partial charge in [0.05, 0.1) is 0 Å². The zero-order chi connectivity index (χ0) is 14.4. The molecule has 2 nitrogen and oxygen atoms in total. The number of fused-ring (bicyclic) bond motifs is 1. The van der Waals surface area contributed by atoms with E-state index < -0.39 is 0 Å². The van der Waals surface area contributed by atoms with Crippen molar-refractivity contribution in [1.29, 1.82) is 0 Å². The first-order valence-corrected chi connectivity index (χ1v) is 9.02. The van der Waals surface area contributed by atoms with Crippen LogP contribution in [0.2, 0.25) is 5.32 Å². The standard InChI is InChI=1S/C17H20O2Se/c1-3-4-10-20-17-14(6-5-9-18)12-19-16-8-7-13(2)11-15(16)17/h7-8,11,18H,3-4,9-10,12H2,1-2H3. The second-order valence-corrected chi connectivity index (χ2v) is 7.08. The van der Waals surface area contributed by atoms with Gasteiger partial charge in [-0.05, 0) is 0 Å². The van der Waals surface area contributed by atoms with Crippen LogP contribution in [0.1, 0.15) is 30.9 Å². The monoisotopic (exact) mass is 336 g/mol. The second kappa shape index (κ2) is 7.55. The predicted octanol–water partition coefficient (Wildman–Crippen LogP) is 3.02. The van der Waals surface area contributed by atoms with E-state index in [0.717, 1.165) is 11.3 Å². The molecule has 0 radical (unpaired) electrons. The van der Waals surface area contributed by atoms with E-state index >= 15 is 0 Å². The molecule has 2 rings (SSSR count). The molecule has 0 saturated carbocycles. The molecule has 1 aromatic carbocycles. The first kappa shape index (κ1) is 15.2. The number of aliphatic hydroxyl groups excluding tert-OH is 1. The van der Waals surface area contributed by atoms with E-state index in [4.69, 9.17) is 9.84 Å². The summed E-state index contributed by atoms with van der Waals surface area (Å²) in [6.07, 6.45) is 2.48. The molecule has 3 heteroatoms. The van der Waals surface area contributed by atoms with Crippen LogP contribution in [0.15, 0.2) is 23.8 Å². The Bertz CT molecular complexity index is 564. The number of hydrogen-bond acceptors (Lipinski definition) is 2. The molecule has 0 amide bonds. The Kier molecular flexibility index (Phi) is 5.73. The second-order valence-electron chi connectivity index (χ2n) is 4.76. The Morgan fingerprint density at radius 3 is 3.00 bits per heavy atom. The molecule has 0 aromatic heterocycles. The van der Waals surface area contributed by atoms with Gasteiger partial charge in [0, 0.05) is 0 Å². The summed E-state index contributed by atoms with van der Waals surface area (Å²) in [4.78, 5) is 0. The molecule has 0 fully saturated rings. The van der Waals surface area contributed by atoms with E-state index in [0.29, 0.717) is 21.6 Å². The van der Waals surface area contributed by atoms with Gasteiger partial charge >= 0.3 is 127 Å². The average molecular weight is 335 g/mol. The van der Waals surface area contributed by atoms with E-state index in [1.54, 1.807) is 0 Å². The third-order valence-electron chi connectivity index (χ3n) is 3.09.